The second kappa shape index (κ2) is 42.9. The predicted octanol–water partition coefficient (Wildman–Crippen LogP) is 17.4. The molecule has 0 aromatic rings. The fourth-order valence-corrected chi connectivity index (χ4v) is 7.73. The molecular formula is C48H96O2. The van der Waals surface area contributed by atoms with Crippen molar-refractivity contribution in [2.75, 3.05) is 6.61 Å². The van der Waals surface area contributed by atoms with Crippen LogP contribution >= 0.6 is 0 Å². The number of esters is 1. The van der Waals surface area contributed by atoms with E-state index in [4.69, 9.17) is 4.74 Å². The lowest BCUT2D eigenvalue weighted by atomic mass is 9.94. The Kier molecular flexibility index (Phi) is 42.4. The number of carbonyl (C=O) groups excluding carboxylic acids is 1. The molecule has 0 saturated heterocycles. The van der Waals surface area contributed by atoms with Crippen molar-refractivity contribution >= 4 is 5.97 Å². The van der Waals surface area contributed by atoms with E-state index in [1.54, 1.807) is 0 Å². The van der Waals surface area contributed by atoms with Gasteiger partial charge in [0.15, 0.2) is 0 Å². The van der Waals surface area contributed by atoms with Crippen molar-refractivity contribution in [2.24, 2.45) is 11.8 Å². The van der Waals surface area contributed by atoms with Crippen molar-refractivity contribution in [3.63, 3.8) is 0 Å². The van der Waals surface area contributed by atoms with Crippen LogP contribution < -0.4 is 0 Å². The van der Waals surface area contributed by atoms with Gasteiger partial charge in [0.25, 0.3) is 0 Å². The molecule has 0 aliphatic heterocycles. The highest BCUT2D eigenvalue weighted by Gasteiger charge is 2.19. The van der Waals surface area contributed by atoms with Gasteiger partial charge in [0.05, 0.1) is 12.5 Å². The number of ether oxygens (including phenoxy) is 1. The number of hydrogen-bond acceptors (Lipinski definition) is 2. The minimum absolute atomic E-state index is 0.120. The molecule has 0 fully saturated rings. The highest BCUT2D eigenvalue weighted by molar-refractivity contribution is 5.72. The third-order valence-electron chi connectivity index (χ3n) is 11.3. The summed E-state index contributed by atoms with van der Waals surface area (Å²) >= 11 is 0. The maximum atomic E-state index is 13.1. The molecule has 50 heavy (non-hydrogen) atoms. The number of hydrogen-bond donors (Lipinski definition) is 0. The smallest absolute Gasteiger partial charge is 0.308 e. The standard InChI is InChI=1S/C48H96O2/c1-5-7-9-11-13-15-17-19-21-22-24-26-28-33-37-41-45-50-48(49)47(44-40-36-32-29-30-34-38-42-46(3)4)43-39-35-31-27-25-23-20-18-16-14-12-10-8-6-2/h46-47H,5-45H2,1-4H3. The fourth-order valence-electron chi connectivity index (χ4n) is 7.73. The molecule has 0 rings (SSSR count). The first kappa shape index (κ1) is 49.5. The first-order valence-corrected chi connectivity index (χ1v) is 23.8. The Balaban J connectivity index is 4.01. The zero-order valence-electron chi connectivity index (χ0n) is 35.5. The zero-order chi connectivity index (χ0) is 36.4. The SMILES string of the molecule is CCCCCCCCCCCCCCCCCCOC(=O)C(CCCCCCCCCCCCCCCC)CCCCCCCCCC(C)C. The minimum Gasteiger partial charge on any atom is -0.465 e. The van der Waals surface area contributed by atoms with Gasteiger partial charge in [-0.3, -0.25) is 4.79 Å². The van der Waals surface area contributed by atoms with Crippen LogP contribution in [0.5, 0.6) is 0 Å². The quantitative estimate of drug-likeness (QED) is 0.0466. The van der Waals surface area contributed by atoms with Crippen molar-refractivity contribution in [3.05, 3.63) is 0 Å². The third-order valence-corrected chi connectivity index (χ3v) is 11.3. The second-order valence-electron chi connectivity index (χ2n) is 17.0. The first-order valence-electron chi connectivity index (χ1n) is 23.8. The van der Waals surface area contributed by atoms with Crippen LogP contribution in [0, 0.1) is 11.8 Å². The van der Waals surface area contributed by atoms with Crippen molar-refractivity contribution in [1.82, 2.24) is 0 Å². The molecule has 0 aromatic carbocycles. The molecule has 0 aliphatic rings. The van der Waals surface area contributed by atoms with Crippen LogP contribution in [-0.2, 0) is 9.53 Å². The van der Waals surface area contributed by atoms with E-state index in [1.807, 2.05) is 0 Å². The van der Waals surface area contributed by atoms with Gasteiger partial charge in [0.2, 0.25) is 0 Å². The highest BCUT2D eigenvalue weighted by atomic mass is 16.5. The largest absolute Gasteiger partial charge is 0.465 e. The molecule has 0 radical (unpaired) electrons. The van der Waals surface area contributed by atoms with E-state index in [-0.39, 0.29) is 11.9 Å². The minimum atomic E-state index is 0.120. The molecule has 0 bridgehead atoms. The van der Waals surface area contributed by atoms with E-state index in [0.717, 1.165) is 25.2 Å². The zero-order valence-corrected chi connectivity index (χ0v) is 35.5. The van der Waals surface area contributed by atoms with Gasteiger partial charge in [-0.2, -0.15) is 0 Å². The van der Waals surface area contributed by atoms with Gasteiger partial charge in [-0.05, 0) is 25.2 Å². The summed E-state index contributed by atoms with van der Waals surface area (Å²) in [5.41, 5.74) is 0. The third kappa shape index (κ3) is 40.2. The molecule has 0 amide bonds. The summed E-state index contributed by atoms with van der Waals surface area (Å²) in [4.78, 5) is 13.1. The van der Waals surface area contributed by atoms with Crippen LogP contribution in [0.4, 0.5) is 0 Å². The lowest BCUT2D eigenvalue weighted by Crippen LogP contribution is -2.18. The maximum Gasteiger partial charge on any atom is 0.308 e. The molecule has 2 heteroatoms. The lowest BCUT2D eigenvalue weighted by molar-refractivity contribution is -0.149. The Morgan fingerprint density at radius 2 is 0.580 bits per heavy atom. The first-order chi connectivity index (χ1) is 24.6. The van der Waals surface area contributed by atoms with Crippen molar-refractivity contribution in [2.45, 2.75) is 285 Å². The molecule has 2 nitrogen and oxygen atoms in total. The average molecular weight is 705 g/mol. The van der Waals surface area contributed by atoms with Crippen LogP contribution in [0.2, 0.25) is 0 Å². The highest BCUT2D eigenvalue weighted by Crippen LogP contribution is 2.22. The number of rotatable bonds is 43. The lowest BCUT2D eigenvalue weighted by Gasteiger charge is -2.16. The van der Waals surface area contributed by atoms with Gasteiger partial charge in [-0.15, -0.1) is 0 Å². The number of unbranched alkanes of at least 4 members (excludes halogenated alkanes) is 34. The number of carbonyl (C=O) groups is 1. The summed E-state index contributed by atoms with van der Waals surface area (Å²) in [5.74, 6) is 1.10. The van der Waals surface area contributed by atoms with Gasteiger partial charge in [-0.25, -0.2) is 0 Å². The van der Waals surface area contributed by atoms with E-state index >= 15 is 0 Å². The predicted molar refractivity (Wildman–Crippen MR) is 225 cm³/mol. The van der Waals surface area contributed by atoms with Crippen LogP contribution in [0.15, 0.2) is 0 Å². The molecule has 0 spiro atoms. The summed E-state index contributed by atoms with van der Waals surface area (Å²) < 4.78 is 5.90. The topological polar surface area (TPSA) is 26.3 Å². The maximum absolute atomic E-state index is 13.1. The normalized spacial score (nSPS) is 12.3. The Labute approximate surface area is 317 Å². The van der Waals surface area contributed by atoms with E-state index in [0.29, 0.717) is 6.61 Å². The van der Waals surface area contributed by atoms with Crippen molar-refractivity contribution < 1.29 is 9.53 Å². The van der Waals surface area contributed by atoms with E-state index in [2.05, 4.69) is 27.7 Å². The Morgan fingerprint density at radius 3 is 0.860 bits per heavy atom. The molecule has 300 valence electrons. The van der Waals surface area contributed by atoms with E-state index in [9.17, 15) is 4.79 Å². The molecule has 1 atom stereocenters. The van der Waals surface area contributed by atoms with E-state index in [1.165, 1.54) is 238 Å². The fraction of sp³-hybridized carbons (Fsp3) is 0.979. The molecule has 0 saturated carbocycles. The summed E-state index contributed by atoms with van der Waals surface area (Å²) in [6.07, 6.45) is 54.3. The van der Waals surface area contributed by atoms with E-state index < -0.39 is 0 Å². The Morgan fingerprint density at radius 1 is 0.340 bits per heavy atom. The van der Waals surface area contributed by atoms with Gasteiger partial charge in [0, 0.05) is 0 Å². The Bertz CT molecular complexity index is 628. The van der Waals surface area contributed by atoms with Gasteiger partial charge in [-0.1, -0.05) is 265 Å². The molecule has 0 heterocycles. The summed E-state index contributed by atoms with van der Waals surface area (Å²) in [5, 5.41) is 0. The van der Waals surface area contributed by atoms with Crippen LogP contribution in [0.1, 0.15) is 285 Å². The summed E-state index contributed by atoms with van der Waals surface area (Å²) in [6, 6.07) is 0. The van der Waals surface area contributed by atoms with Gasteiger partial charge < -0.3 is 4.74 Å². The van der Waals surface area contributed by atoms with Gasteiger partial charge in [0.1, 0.15) is 0 Å². The summed E-state index contributed by atoms with van der Waals surface area (Å²) in [7, 11) is 0. The molecule has 0 aromatic heterocycles. The van der Waals surface area contributed by atoms with Crippen LogP contribution in [-0.4, -0.2) is 12.6 Å². The van der Waals surface area contributed by atoms with Crippen molar-refractivity contribution in [1.29, 1.82) is 0 Å². The summed E-state index contributed by atoms with van der Waals surface area (Å²) in [6.45, 7) is 9.91. The second-order valence-corrected chi connectivity index (χ2v) is 17.0. The Hall–Kier alpha value is -0.530. The molecular weight excluding hydrogens is 609 g/mol. The monoisotopic (exact) mass is 705 g/mol. The van der Waals surface area contributed by atoms with Crippen LogP contribution in [0.3, 0.4) is 0 Å². The molecule has 0 N–H and O–H groups in total. The average Bonchev–Trinajstić information content (AvgIpc) is 3.11. The van der Waals surface area contributed by atoms with Gasteiger partial charge >= 0.3 is 5.97 Å². The molecule has 0 aliphatic carbocycles. The van der Waals surface area contributed by atoms with Crippen molar-refractivity contribution in [3.8, 4) is 0 Å². The molecule has 1 unspecified atom stereocenters. The van der Waals surface area contributed by atoms with Crippen LogP contribution in [0.25, 0.3) is 0 Å².